The van der Waals surface area contributed by atoms with Crippen LogP contribution in [0.1, 0.15) is 25.7 Å². The quantitative estimate of drug-likeness (QED) is 0.410. The second-order valence-corrected chi connectivity index (χ2v) is 4.66. The molecule has 16 heavy (non-hydrogen) atoms. The molecular formula is C11H25N3OS. The number of carbonyl (C=O) groups excluding carboxylic acids is 1. The molecule has 0 rings (SSSR count). The van der Waals surface area contributed by atoms with E-state index >= 15 is 0 Å². The van der Waals surface area contributed by atoms with Crippen LogP contribution in [-0.4, -0.2) is 49.8 Å². The van der Waals surface area contributed by atoms with E-state index in [4.69, 9.17) is 5.73 Å². The Bertz CT molecular complexity index is 188. The maximum Gasteiger partial charge on any atom is 0.237 e. The summed E-state index contributed by atoms with van der Waals surface area (Å²) in [5.74, 6) is 0.303. The number of nitrogens with two attached hydrogens (primary N) is 1. The molecule has 0 aromatic heterocycles. The van der Waals surface area contributed by atoms with Crippen molar-refractivity contribution in [3.05, 3.63) is 0 Å². The molecule has 4 nitrogen and oxygen atoms in total. The third-order valence-electron chi connectivity index (χ3n) is 2.36. The number of carbonyl (C=O) groups is 1. The lowest BCUT2D eigenvalue weighted by Gasteiger charge is -2.10. The molecule has 1 atom stereocenters. The minimum absolute atomic E-state index is 0.0942. The molecule has 0 aromatic carbocycles. The lowest BCUT2D eigenvalue weighted by Crippen LogP contribution is -2.42. The van der Waals surface area contributed by atoms with Crippen LogP contribution >= 0.6 is 12.6 Å². The lowest BCUT2D eigenvalue weighted by atomic mass is 10.2. The molecule has 0 bridgehead atoms. The van der Waals surface area contributed by atoms with Crippen LogP contribution in [0.3, 0.4) is 0 Å². The topological polar surface area (TPSA) is 58.4 Å². The largest absolute Gasteiger partial charge is 0.355 e. The highest BCUT2D eigenvalue weighted by molar-refractivity contribution is 7.80. The van der Waals surface area contributed by atoms with Gasteiger partial charge in [0.05, 0.1) is 6.04 Å². The number of hydrogen-bond donors (Lipinski definition) is 3. The Morgan fingerprint density at radius 1 is 1.31 bits per heavy atom. The maximum atomic E-state index is 11.3. The van der Waals surface area contributed by atoms with E-state index in [9.17, 15) is 4.79 Å². The van der Waals surface area contributed by atoms with Crippen molar-refractivity contribution in [1.29, 1.82) is 0 Å². The molecule has 1 unspecified atom stereocenters. The van der Waals surface area contributed by atoms with Crippen molar-refractivity contribution in [2.24, 2.45) is 5.73 Å². The van der Waals surface area contributed by atoms with Crippen LogP contribution in [0.5, 0.6) is 0 Å². The van der Waals surface area contributed by atoms with Crippen LogP contribution < -0.4 is 11.1 Å². The number of amides is 1. The van der Waals surface area contributed by atoms with Gasteiger partial charge in [-0.1, -0.05) is 12.8 Å². The summed E-state index contributed by atoms with van der Waals surface area (Å²) < 4.78 is 0. The van der Waals surface area contributed by atoms with Gasteiger partial charge in [-0.3, -0.25) is 4.79 Å². The van der Waals surface area contributed by atoms with Gasteiger partial charge in [-0.15, -0.1) is 0 Å². The number of nitrogens with one attached hydrogen (secondary N) is 1. The number of unbranched alkanes of at least 4 members (excludes halogenated alkanes) is 3. The first-order chi connectivity index (χ1) is 7.57. The van der Waals surface area contributed by atoms with Gasteiger partial charge in [-0.25, -0.2) is 0 Å². The Balaban J connectivity index is 3.24. The molecule has 3 N–H and O–H groups in total. The predicted molar refractivity (Wildman–Crippen MR) is 71.9 cm³/mol. The average molecular weight is 247 g/mol. The number of hydrogen-bond acceptors (Lipinski definition) is 4. The first-order valence-corrected chi connectivity index (χ1v) is 6.50. The Kier molecular flexibility index (Phi) is 9.77. The average Bonchev–Trinajstić information content (AvgIpc) is 2.25. The van der Waals surface area contributed by atoms with Crippen molar-refractivity contribution < 1.29 is 4.79 Å². The Morgan fingerprint density at radius 3 is 2.50 bits per heavy atom. The Labute approximate surface area is 104 Å². The van der Waals surface area contributed by atoms with Gasteiger partial charge in [0.2, 0.25) is 5.91 Å². The molecule has 0 aliphatic carbocycles. The fraction of sp³-hybridized carbons (Fsp3) is 0.909. The second kappa shape index (κ2) is 9.93. The third-order valence-corrected chi connectivity index (χ3v) is 2.76. The summed E-state index contributed by atoms with van der Waals surface area (Å²) in [5.41, 5.74) is 5.52. The zero-order valence-corrected chi connectivity index (χ0v) is 11.3. The molecule has 0 radical (unpaired) electrons. The molecule has 0 spiro atoms. The third kappa shape index (κ3) is 9.00. The van der Waals surface area contributed by atoms with Crippen LogP contribution in [0.15, 0.2) is 0 Å². The van der Waals surface area contributed by atoms with Gasteiger partial charge >= 0.3 is 0 Å². The first kappa shape index (κ1) is 15.7. The van der Waals surface area contributed by atoms with E-state index in [1.54, 1.807) is 0 Å². The van der Waals surface area contributed by atoms with Crippen LogP contribution in [-0.2, 0) is 4.79 Å². The van der Waals surface area contributed by atoms with Crippen molar-refractivity contribution in [1.82, 2.24) is 10.2 Å². The van der Waals surface area contributed by atoms with E-state index in [1.807, 2.05) is 0 Å². The molecule has 0 aliphatic heterocycles. The van der Waals surface area contributed by atoms with Crippen molar-refractivity contribution in [2.75, 3.05) is 32.9 Å². The molecule has 0 heterocycles. The summed E-state index contributed by atoms with van der Waals surface area (Å²) in [6.45, 7) is 1.86. The summed E-state index contributed by atoms with van der Waals surface area (Å²) in [6.07, 6.45) is 4.62. The Hall–Kier alpha value is -0.260. The van der Waals surface area contributed by atoms with Crippen LogP contribution in [0.25, 0.3) is 0 Å². The summed E-state index contributed by atoms with van der Waals surface area (Å²) in [6, 6.07) is -0.475. The summed E-state index contributed by atoms with van der Waals surface area (Å²) in [4.78, 5) is 13.4. The lowest BCUT2D eigenvalue weighted by molar-refractivity contribution is -0.121. The van der Waals surface area contributed by atoms with Gasteiger partial charge in [0.25, 0.3) is 0 Å². The molecule has 0 fully saturated rings. The van der Waals surface area contributed by atoms with E-state index in [-0.39, 0.29) is 5.91 Å². The van der Waals surface area contributed by atoms with E-state index in [0.717, 1.165) is 25.9 Å². The highest BCUT2D eigenvalue weighted by Crippen LogP contribution is 1.99. The SMILES string of the molecule is CN(C)CCCCCCNC(=O)C(N)CS. The number of rotatable bonds is 9. The first-order valence-electron chi connectivity index (χ1n) is 5.86. The number of thiol groups is 1. The van der Waals surface area contributed by atoms with E-state index in [2.05, 4.69) is 36.9 Å². The van der Waals surface area contributed by atoms with Crippen molar-refractivity contribution in [2.45, 2.75) is 31.7 Å². The summed E-state index contributed by atoms with van der Waals surface area (Å²) >= 11 is 3.97. The number of nitrogens with zero attached hydrogens (tertiary/aromatic N) is 1. The Morgan fingerprint density at radius 2 is 1.94 bits per heavy atom. The van der Waals surface area contributed by atoms with Crippen LogP contribution in [0, 0.1) is 0 Å². The van der Waals surface area contributed by atoms with Crippen LogP contribution in [0.4, 0.5) is 0 Å². The minimum Gasteiger partial charge on any atom is -0.355 e. The molecule has 5 heteroatoms. The predicted octanol–water partition coefficient (Wildman–Crippen LogP) is 0.482. The summed E-state index contributed by atoms with van der Waals surface area (Å²) in [7, 11) is 4.16. The zero-order chi connectivity index (χ0) is 12.4. The van der Waals surface area contributed by atoms with Gasteiger partial charge < -0.3 is 16.0 Å². The fourth-order valence-electron chi connectivity index (χ4n) is 1.33. The highest BCUT2D eigenvalue weighted by Gasteiger charge is 2.09. The molecule has 0 saturated heterocycles. The van der Waals surface area contributed by atoms with Crippen molar-refractivity contribution in [3.8, 4) is 0 Å². The minimum atomic E-state index is -0.475. The van der Waals surface area contributed by atoms with Gasteiger partial charge in [0.1, 0.15) is 0 Å². The van der Waals surface area contributed by atoms with E-state index in [1.165, 1.54) is 12.8 Å². The molecule has 0 aliphatic rings. The normalized spacial score (nSPS) is 12.8. The van der Waals surface area contributed by atoms with Gasteiger partial charge in [-0.05, 0) is 33.5 Å². The zero-order valence-electron chi connectivity index (χ0n) is 10.4. The molecule has 96 valence electrons. The van der Waals surface area contributed by atoms with Crippen molar-refractivity contribution >= 4 is 18.5 Å². The molecule has 0 saturated carbocycles. The molecule has 1 amide bonds. The van der Waals surface area contributed by atoms with Gasteiger partial charge in [0.15, 0.2) is 0 Å². The second-order valence-electron chi connectivity index (χ2n) is 4.30. The monoisotopic (exact) mass is 247 g/mol. The smallest absolute Gasteiger partial charge is 0.237 e. The van der Waals surface area contributed by atoms with E-state index in [0.29, 0.717) is 5.75 Å². The highest BCUT2D eigenvalue weighted by atomic mass is 32.1. The van der Waals surface area contributed by atoms with Crippen molar-refractivity contribution in [3.63, 3.8) is 0 Å². The molecule has 0 aromatic rings. The van der Waals surface area contributed by atoms with Crippen LogP contribution in [0.2, 0.25) is 0 Å². The maximum absolute atomic E-state index is 11.3. The van der Waals surface area contributed by atoms with Gasteiger partial charge in [-0.2, -0.15) is 12.6 Å². The van der Waals surface area contributed by atoms with Gasteiger partial charge in [0, 0.05) is 12.3 Å². The standard InChI is InChI=1S/C11H25N3OS/c1-14(2)8-6-4-3-5-7-13-11(15)10(12)9-16/h10,16H,3-9,12H2,1-2H3,(H,13,15). The fourth-order valence-corrected chi connectivity index (χ4v) is 1.50. The molecular weight excluding hydrogens is 222 g/mol. The summed E-state index contributed by atoms with van der Waals surface area (Å²) in [5, 5.41) is 2.81. The van der Waals surface area contributed by atoms with E-state index < -0.39 is 6.04 Å².